The zero-order valence-corrected chi connectivity index (χ0v) is 47.6. The molecule has 0 aromatic carbocycles. The highest BCUT2D eigenvalue weighted by atomic mass is 31.2. The van der Waals surface area contributed by atoms with Crippen LogP contribution in [-0.2, 0) is 27.9 Å². The number of allylic oxidation sites excluding steroid dienone is 13. The maximum Gasteiger partial charge on any atom is 0.472 e. The Hall–Kier alpha value is -2.81. The molecule has 3 atom stereocenters. The third-order valence-corrected chi connectivity index (χ3v) is 13.4. The number of carbonyl (C=O) groups is 2. The minimum absolute atomic E-state index is 0.0302. The van der Waals surface area contributed by atoms with Crippen molar-refractivity contribution in [2.24, 2.45) is 0 Å². The highest BCUT2D eigenvalue weighted by Crippen LogP contribution is 2.43. The number of phosphoric acid groups is 1. The number of nitrogens with one attached hydrogen (secondary N) is 1. The molecule has 0 aromatic rings. The number of amides is 1. The number of rotatable bonds is 51. The summed E-state index contributed by atoms with van der Waals surface area (Å²) in [5.74, 6) is -0.547. The summed E-state index contributed by atoms with van der Waals surface area (Å²) in [6.07, 6.45) is 65.7. The average molecular weight is 1010 g/mol. The quantitative estimate of drug-likeness (QED) is 0.0156. The molecule has 1 amide bonds. The van der Waals surface area contributed by atoms with Gasteiger partial charge in [0.05, 0.1) is 33.8 Å². The van der Waals surface area contributed by atoms with E-state index in [1.807, 2.05) is 33.3 Å². The lowest BCUT2D eigenvalue weighted by molar-refractivity contribution is -0.870. The Morgan fingerprint density at radius 3 is 1.49 bits per heavy atom. The van der Waals surface area contributed by atoms with E-state index in [1.165, 1.54) is 103 Å². The number of quaternary nitrogens is 1. The minimum Gasteiger partial charge on any atom is -0.456 e. The number of esters is 1. The number of likely N-dealkylation sites (N-methyl/N-ethyl adjacent to an activating group) is 1. The number of hydrogen-bond acceptors (Lipinski definition) is 6. The van der Waals surface area contributed by atoms with Gasteiger partial charge in [0, 0.05) is 12.8 Å². The molecular formula is C61H110N2O7P+. The Labute approximate surface area is 437 Å². The van der Waals surface area contributed by atoms with Gasteiger partial charge in [0.25, 0.3) is 0 Å². The number of unbranched alkanes of at least 4 members (excludes halogenated alkanes) is 25. The van der Waals surface area contributed by atoms with Crippen molar-refractivity contribution in [3.8, 4) is 0 Å². The number of carbonyl (C=O) groups excluding carboxylic acids is 2. The van der Waals surface area contributed by atoms with Gasteiger partial charge in [-0.3, -0.25) is 18.6 Å². The largest absolute Gasteiger partial charge is 0.472 e. The van der Waals surface area contributed by atoms with Gasteiger partial charge in [0.1, 0.15) is 19.3 Å². The minimum atomic E-state index is -4.46. The van der Waals surface area contributed by atoms with E-state index in [0.29, 0.717) is 23.9 Å². The third kappa shape index (κ3) is 51.9. The molecular weight excluding hydrogens is 904 g/mol. The Kier molecular flexibility index (Phi) is 48.7. The van der Waals surface area contributed by atoms with E-state index in [0.717, 1.165) is 96.3 Å². The molecule has 0 radical (unpaired) electrons. The van der Waals surface area contributed by atoms with E-state index in [-0.39, 0.29) is 31.5 Å². The standard InChI is InChI=1S/C61H109N2O7P/c1-7-10-13-16-19-22-25-28-30-31-33-36-39-42-45-48-51-54-61(65)70-59(52-49-46-43-40-37-34-27-24-21-18-15-12-9-3)58(57-69-71(66,67)68-56-55-63(4,5)6)62-60(64)53-50-47-44-41-38-35-32-29-26-23-20-17-14-11-8-2/h11,14,17,19-20,22-23,26,28,30,33,36,49,52,58-59H,7-10,12-13,15-16,18,21,24-25,27,29,31-32,34-35,37-48,50-51,53-57H2,1-6H3,(H-,62,64,66,67)/p+1/b14-11+,20-17+,22-19-,26-23+,30-28-,36-33-,52-49+. The predicted octanol–water partition coefficient (Wildman–Crippen LogP) is 17.4. The van der Waals surface area contributed by atoms with Gasteiger partial charge in [-0.1, -0.05) is 222 Å². The normalized spacial score (nSPS) is 14.4. The molecule has 0 aliphatic heterocycles. The van der Waals surface area contributed by atoms with Crippen LogP contribution in [0.2, 0.25) is 0 Å². The molecule has 0 fully saturated rings. The second-order valence-electron chi connectivity index (χ2n) is 20.5. The van der Waals surface area contributed by atoms with Crippen LogP contribution in [0.5, 0.6) is 0 Å². The molecule has 0 aliphatic carbocycles. The van der Waals surface area contributed by atoms with Gasteiger partial charge >= 0.3 is 13.8 Å². The summed E-state index contributed by atoms with van der Waals surface area (Å²) in [6.45, 7) is 6.82. The molecule has 10 heteroatoms. The van der Waals surface area contributed by atoms with Crippen molar-refractivity contribution in [1.82, 2.24) is 5.32 Å². The maximum atomic E-state index is 13.5. The Morgan fingerprint density at radius 1 is 0.521 bits per heavy atom. The van der Waals surface area contributed by atoms with Crippen LogP contribution >= 0.6 is 7.82 Å². The first-order valence-electron chi connectivity index (χ1n) is 28.9. The lowest BCUT2D eigenvalue weighted by Gasteiger charge is -2.27. The molecule has 0 aliphatic rings. The second kappa shape index (κ2) is 50.7. The molecule has 0 spiro atoms. The molecule has 0 heterocycles. The van der Waals surface area contributed by atoms with Crippen LogP contribution < -0.4 is 5.32 Å². The van der Waals surface area contributed by atoms with Gasteiger partial charge in [-0.25, -0.2) is 4.57 Å². The van der Waals surface area contributed by atoms with Gasteiger partial charge in [0.15, 0.2) is 0 Å². The second-order valence-corrected chi connectivity index (χ2v) is 21.9. The topological polar surface area (TPSA) is 111 Å². The van der Waals surface area contributed by atoms with Gasteiger partial charge in [0.2, 0.25) is 5.91 Å². The zero-order valence-electron chi connectivity index (χ0n) is 46.7. The molecule has 3 unspecified atom stereocenters. The van der Waals surface area contributed by atoms with Crippen molar-refractivity contribution in [2.75, 3.05) is 40.9 Å². The average Bonchev–Trinajstić information content (AvgIpc) is 3.33. The molecule has 0 aromatic heterocycles. The Bertz CT molecular complexity index is 1490. The van der Waals surface area contributed by atoms with Gasteiger partial charge in [-0.2, -0.15) is 0 Å². The van der Waals surface area contributed by atoms with Crippen molar-refractivity contribution in [3.05, 3.63) is 85.1 Å². The van der Waals surface area contributed by atoms with E-state index in [1.54, 1.807) is 0 Å². The van der Waals surface area contributed by atoms with Crippen molar-refractivity contribution < 1.29 is 37.3 Å². The van der Waals surface area contributed by atoms with Crippen LogP contribution in [0.3, 0.4) is 0 Å². The lowest BCUT2D eigenvalue weighted by atomic mass is 10.0. The van der Waals surface area contributed by atoms with Crippen LogP contribution in [0.15, 0.2) is 85.1 Å². The summed E-state index contributed by atoms with van der Waals surface area (Å²) < 4.78 is 30.6. The molecule has 2 N–H and O–H groups in total. The van der Waals surface area contributed by atoms with Crippen LogP contribution in [-0.4, -0.2) is 74.3 Å². The van der Waals surface area contributed by atoms with Crippen LogP contribution in [0.1, 0.15) is 239 Å². The summed E-state index contributed by atoms with van der Waals surface area (Å²) in [5, 5.41) is 3.04. The van der Waals surface area contributed by atoms with E-state index in [2.05, 4.69) is 99.0 Å². The van der Waals surface area contributed by atoms with E-state index in [9.17, 15) is 19.0 Å². The zero-order chi connectivity index (χ0) is 52.2. The molecule has 71 heavy (non-hydrogen) atoms. The van der Waals surface area contributed by atoms with Gasteiger partial charge < -0.3 is 19.4 Å². The van der Waals surface area contributed by atoms with Gasteiger partial charge in [-0.15, -0.1) is 0 Å². The van der Waals surface area contributed by atoms with E-state index >= 15 is 0 Å². The molecule has 0 saturated heterocycles. The molecule has 410 valence electrons. The summed E-state index contributed by atoms with van der Waals surface area (Å²) >= 11 is 0. The molecule has 0 saturated carbocycles. The maximum absolute atomic E-state index is 13.5. The summed E-state index contributed by atoms with van der Waals surface area (Å²) in [4.78, 5) is 37.6. The molecule has 0 bridgehead atoms. The fraction of sp³-hybridized carbons (Fsp3) is 0.738. The summed E-state index contributed by atoms with van der Waals surface area (Å²) in [7, 11) is 1.46. The van der Waals surface area contributed by atoms with Crippen LogP contribution in [0.4, 0.5) is 0 Å². The monoisotopic (exact) mass is 1010 g/mol. The first kappa shape index (κ1) is 68.2. The number of nitrogens with zero attached hydrogens (tertiary/aromatic N) is 1. The smallest absolute Gasteiger partial charge is 0.456 e. The van der Waals surface area contributed by atoms with Gasteiger partial charge in [-0.05, 0) is 89.5 Å². The Morgan fingerprint density at radius 2 is 0.958 bits per heavy atom. The van der Waals surface area contributed by atoms with Crippen LogP contribution in [0, 0.1) is 0 Å². The van der Waals surface area contributed by atoms with Crippen molar-refractivity contribution in [3.63, 3.8) is 0 Å². The van der Waals surface area contributed by atoms with Crippen molar-refractivity contribution in [1.29, 1.82) is 0 Å². The third-order valence-electron chi connectivity index (χ3n) is 12.4. The first-order valence-corrected chi connectivity index (χ1v) is 30.4. The lowest BCUT2D eigenvalue weighted by Crippen LogP contribution is -2.47. The fourth-order valence-corrected chi connectivity index (χ4v) is 8.62. The molecule has 9 nitrogen and oxygen atoms in total. The SMILES string of the molecule is CC/C=C/C=C/C=C/CCCCCCCCCC(=O)NC(COP(=O)(O)OCC[N+](C)(C)C)C(/C=C/CCCCCCCCCCCCC)OC(=O)CCCCCC/C=C\C/C=C\C/C=C\CCCCC. The summed E-state index contributed by atoms with van der Waals surface area (Å²) in [6, 6.07) is -0.867. The molecule has 0 rings (SSSR count). The fourth-order valence-electron chi connectivity index (χ4n) is 7.89. The first-order chi connectivity index (χ1) is 34.4. The van der Waals surface area contributed by atoms with E-state index < -0.39 is 20.0 Å². The van der Waals surface area contributed by atoms with Crippen molar-refractivity contribution >= 4 is 19.7 Å². The summed E-state index contributed by atoms with van der Waals surface area (Å²) in [5.41, 5.74) is 0. The predicted molar refractivity (Wildman–Crippen MR) is 304 cm³/mol. The highest BCUT2D eigenvalue weighted by molar-refractivity contribution is 7.47. The van der Waals surface area contributed by atoms with Crippen molar-refractivity contribution in [2.45, 2.75) is 251 Å². The van der Waals surface area contributed by atoms with Crippen LogP contribution in [0.25, 0.3) is 0 Å². The number of phosphoric ester groups is 1. The van der Waals surface area contributed by atoms with E-state index in [4.69, 9.17) is 13.8 Å². The highest BCUT2D eigenvalue weighted by Gasteiger charge is 2.30. The Balaban J connectivity index is 5.43. The number of ether oxygens (including phenoxy) is 1. The number of hydrogen-bond donors (Lipinski definition) is 2.